The van der Waals surface area contributed by atoms with E-state index in [0.717, 1.165) is 11.3 Å². The standard InChI is InChI=1S/C17H28N2O3/c1-12(2)19(10-14(5)20)17(21)18-16-8-6-7-15(9-16)11-22-13(3)4/h6-9,12-14,20H,10-11H2,1-5H3,(H,18,21). The van der Waals surface area contributed by atoms with Crippen molar-refractivity contribution >= 4 is 11.7 Å². The molecule has 1 aromatic carbocycles. The van der Waals surface area contributed by atoms with Crippen LogP contribution in [0.4, 0.5) is 10.5 Å². The average Bonchev–Trinajstić information content (AvgIpc) is 2.42. The summed E-state index contributed by atoms with van der Waals surface area (Å²) in [4.78, 5) is 14.0. The molecule has 1 rings (SSSR count). The van der Waals surface area contributed by atoms with E-state index in [1.165, 1.54) is 0 Å². The third-order valence-electron chi connectivity index (χ3n) is 3.11. The average molecular weight is 308 g/mol. The fraction of sp³-hybridized carbons (Fsp3) is 0.588. The third-order valence-corrected chi connectivity index (χ3v) is 3.11. The van der Waals surface area contributed by atoms with Gasteiger partial charge in [-0.25, -0.2) is 4.79 Å². The van der Waals surface area contributed by atoms with E-state index in [4.69, 9.17) is 4.74 Å². The summed E-state index contributed by atoms with van der Waals surface area (Å²) in [6.45, 7) is 10.3. The van der Waals surface area contributed by atoms with E-state index < -0.39 is 6.10 Å². The zero-order chi connectivity index (χ0) is 16.7. The molecule has 1 unspecified atom stereocenters. The first kappa shape index (κ1) is 18.5. The van der Waals surface area contributed by atoms with E-state index in [2.05, 4.69) is 5.32 Å². The lowest BCUT2D eigenvalue weighted by atomic mass is 10.2. The monoisotopic (exact) mass is 308 g/mol. The summed E-state index contributed by atoms with van der Waals surface area (Å²) in [5.41, 5.74) is 1.74. The molecule has 1 aromatic rings. The number of aliphatic hydroxyl groups excluding tert-OH is 1. The van der Waals surface area contributed by atoms with Gasteiger partial charge in [0.15, 0.2) is 0 Å². The second-order valence-electron chi connectivity index (χ2n) is 6.09. The Bertz CT molecular complexity index is 473. The number of amides is 2. The van der Waals surface area contributed by atoms with Crippen molar-refractivity contribution < 1.29 is 14.6 Å². The van der Waals surface area contributed by atoms with Crippen LogP contribution in [0.15, 0.2) is 24.3 Å². The molecule has 0 aliphatic heterocycles. The molecule has 0 bridgehead atoms. The normalized spacial score (nSPS) is 12.5. The zero-order valence-corrected chi connectivity index (χ0v) is 14.2. The molecule has 0 fully saturated rings. The minimum absolute atomic E-state index is 0.0158. The predicted molar refractivity (Wildman–Crippen MR) is 88.9 cm³/mol. The number of hydrogen-bond donors (Lipinski definition) is 2. The zero-order valence-electron chi connectivity index (χ0n) is 14.2. The topological polar surface area (TPSA) is 61.8 Å². The van der Waals surface area contributed by atoms with E-state index in [1.807, 2.05) is 52.0 Å². The summed E-state index contributed by atoms with van der Waals surface area (Å²) in [6, 6.07) is 7.41. The van der Waals surface area contributed by atoms with Crippen LogP contribution in [0.3, 0.4) is 0 Å². The molecule has 2 N–H and O–H groups in total. The molecule has 0 saturated carbocycles. The molecule has 22 heavy (non-hydrogen) atoms. The van der Waals surface area contributed by atoms with Crippen LogP contribution < -0.4 is 5.32 Å². The smallest absolute Gasteiger partial charge is 0.322 e. The fourth-order valence-electron chi connectivity index (χ4n) is 2.01. The number of carbonyl (C=O) groups excluding carboxylic acids is 1. The lowest BCUT2D eigenvalue weighted by Gasteiger charge is -2.28. The van der Waals surface area contributed by atoms with Crippen LogP contribution in [-0.2, 0) is 11.3 Å². The minimum atomic E-state index is -0.557. The number of aliphatic hydroxyl groups is 1. The van der Waals surface area contributed by atoms with Gasteiger partial charge in [-0.3, -0.25) is 0 Å². The van der Waals surface area contributed by atoms with E-state index in [9.17, 15) is 9.90 Å². The molecule has 0 aromatic heterocycles. The van der Waals surface area contributed by atoms with E-state index in [1.54, 1.807) is 11.8 Å². The van der Waals surface area contributed by atoms with Gasteiger partial charge in [0.2, 0.25) is 0 Å². The minimum Gasteiger partial charge on any atom is -0.392 e. The number of nitrogens with zero attached hydrogens (tertiary/aromatic N) is 1. The second kappa shape index (κ2) is 8.76. The van der Waals surface area contributed by atoms with Crippen LogP contribution in [0.2, 0.25) is 0 Å². The molecule has 0 aliphatic rings. The number of benzene rings is 1. The van der Waals surface area contributed by atoms with Crippen LogP contribution in [0.1, 0.15) is 40.2 Å². The van der Waals surface area contributed by atoms with E-state index >= 15 is 0 Å². The van der Waals surface area contributed by atoms with Gasteiger partial charge in [-0.1, -0.05) is 12.1 Å². The maximum Gasteiger partial charge on any atom is 0.322 e. The van der Waals surface area contributed by atoms with E-state index in [0.29, 0.717) is 13.2 Å². The Hall–Kier alpha value is -1.59. The van der Waals surface area contributed by atoms with Crippen LogP contribution in [0, 0.1) is 0 Å². The molecule has 0 saturated heterocycles. The molecular weight excluding hydrogens is 280 g/mol. The van der Waals surface area contributed by atoms with Crippen LogP contribution in [-0.4, -0.2) is 40.8 Å². The molecule has 5 heteroatoms. The summed E-state index contributed by atoms with van der Waals surface area (Å²) in [7, 11) is 0. The van der Waals surface area contributed by atoms with Crippen molar-refractivity contribution in [1.82, 2.24) is 4.90 Å². The maximum atomic E-state index is 12.3. The van der Waals surface area contributed by atoms with Gasteiger partial charge in [-0.2, -0.15) is 0 Å². The Morgan fingerprint density at radius 2 is 1.95 bits per heavy atom. The Morgan fingerprint density at radius 3 is 2.50 bits per heavy atom. The number of anilines is 1. The van der Waals surface area contributed by atoms with Crippen molar-refractivity contribution in [2.75, 3.05) is 11.9 Å². The molecule has 2 amide bonds. The predicted octanol–water partition coefficient (Wildman–Crippen LogP) is 3.23. The highest BCUT2D eigenvalue weighted by Crippen LogP contribution is 2.14. The Morgan fingerprint density at radius 1 is 1.27 bits per heavy atom. The first-order chi connectivity index (χ1) is 10.3. The lowest BCUT2D eigenvalue weighted by Crippen LogP contribution is -2.43. The van der Waals surface area contributed by atoms with Gasteiger partial charge in [-0.15, -0.1) is 0 Å². The molecule has 124 valence electrons. The third kappa shape index (κ3) is 6.45. The molecule has 1 atom stereocenters. The highest BCUT2D eigenvalue weighted by molar-refractivity contribution is 5.89. The van der Waals surface area contributed by atoms with Crippen molar-refractivity contribution in [3.63, 3.8) is 0 Å². The number of urea groups is 1. The van der Waals surface area contributed by atoms with Crippen molar-refractivity contribution in [3.8, 4) is 0 Å². The van der Waals surface area contributed by atoms with Crippen LogP contribution in [0.25, 0.3) is 0 Å². The van der Waals surface area contributed by atoms with E-state index in [-0.39, 0.29) is 18.2 Å². The van der Waals surface area contributed by atoms with Gasteiger partial charge in [0.05, 0.1) is 18.8 Å². The number of ether oxygens (including phenoxy) is 1. The number of rotatable bonds is 7. The summed E-state index contributed by atoms with van der Waals surface area (Å²) >= 11 is 0. The molecule has 0 spiro atoms. The van der Waals surface area contributed by atoms with Crippen molar-refractivity contribution in [3.05, 3.63) is 29.8 Å². The van der Waals surface area contributed by atoms with Gasteiger partial charge in [0.25, 0.3) is 0 Å². The fourth-order valence-corrected chi connectivity index (χ4v) is 2.01. The summed E-state index contributed by atoms with van der Waals surface area (Å²) in [5.74, 6) is 0. The number of nitrogens with one attached hydrogen (secondary N) is 1. The summed E-state index contributed by atoms with van der Waals surface area (Å²) in [5, 5.41) is 12.4. The van der Waals surface area contributed by atoms with Crippen molar-refractivity contribution in [2.24, 2.45) is 0 Å². The number of hydrogen-bond acceptors (Lipinski definition) is 3. The second-order valence-corrected chi connectivity index (χ2v) is 6.09. The van der Waals surface area contributed by atoms with Gasteiger partial charge >= 0.3 is 6.03 Å². The number of carbonyl (C=O) groups is 1. The molecule has 0 radical (unpaired) electrons. The Kier molecular flexibility index (Phi) is 7.35. The van der Waals surface area contributed by atoms with Gasteiger partial charge < -0.3 is 20.1 Å². The maximum absolute atomic E-state index is 12.3. The molecule has 0 heterocycles. The Balaban J connectivity index is 2.71. The first-order valence-electron chi connectivity index (χ1n) is 7.75. The van der Waals surface area contributed by atoms with Gasteiger partial charge in [0.1, 0.15) is 0 Å². The SMILES string of the molecule is CC(O)CN(C(=O)Nc1cccc(COC(C)C)c1)C(C)C. The van der Waals surface area contributed by atoms with Crippen molar-refractivity contribution in [2.45, 2.75) is 59.5 Å². The quantitative estimate of drug-likeness (QED) is 0.813. The highest BCUT2D eigenvalue weighted by atomic mass is 16.5. The lowest BCUT2D eigenvalue weighted by molar-refractivity contribution is 0.0657. The van der Waals surface area contributed by atoms with Crippen LogP contribution in [0.5, 0.6) is 0 Å². The molecule has 0 aliphatic carbocycles. The highest BCUT2D eigenvalue weighted by Gasteiger charge is 2.18. The largest absolute Gasteiger partial charge is 0.392 e. The van der Waals surface area contributed by atoms with Gasteiger partial charge in [0, 0.05) is 18.3 Å². The Labute approximate surface area is 133 Å². The first-order valence-corrected chi connectivity index (χ1v) is 7.75. The van der Waals surface area contributed by atoms with Crippen LogP contribution >= 0.6 is 0 Å². The van der Waals surface area contributed by atoms with Crippen molar-refractivity contribution in [1.29, 1.82) is 0 Å². The molecular formula is C17H28N2O3. The summed E-state index contributed by atoms with van der Waals surface area (Å²) in [6.07, 6.45) is -0.389. The van der Waals surface area contributed by atoms with Gasteiger partial charge in [-0.05, 0) is 52.3 Å². The summed E-state index contributed by atoms with van der Waals surface area (Å²) < 4.78 is 5.57. The molecule has 5 nitrogen and oxygen atoms in total.